The van der Waals surface area contributed by atoms with Crippen molar-refractivity contribution in [1.29, 1.82) is 0 Å². The minimum atomic E-state index is -4.40. The summed E-state index contributed by atoms with van der Waals surface area (Å²) in [6.07, 6.45) is 94.6. The van der Waals surface area contributed by atoms with Crippen LogP contribution in [0.1, 0.15) is 296 Å². The van der Waals surface area contributed by atoms with Crippen molar-refractivity contribution in [1.82, 2.24) is 0 Å². The van der Waals surface area contributed by atoms with Crippen molar-refractivity contribution < 1.29 is 42.1 Å². The fourth-order valence-corrected chi connectivity index (χ4v) is 10.4. The number of carbonyl (C=O) groups is 2. The summed E-state index contributed by atoms with van der Waals surface area (Å²) in [6.45, 7) is 4.20. The number of hydrogen-bond donors (Lipinski definition) is 1. The second kappa shape index (κ2) is 65.8. The highest BCUT2D eigenvalue weighted by Gasteiger charge is 2.27. The lowest BCUT2D eigenvalue weighted by molar-refractivity contribution is -0.870. The van der Waals surface area contributed by atoms with E-state index in [2.05, 4.69) is 135 Å². The molecule has 10 heteroatoms. The Morgan fingerprint density at radius 2 is 0.628 bits per heavy atom. The first-order chi connectivity index (χ1) is 42.0. The van der Waals surface area contributed by atoms with Crippen LogP contribution in [0.4, 0.5) is 0 Å². The van der Waals surface area contributed by atoms with Gasteiger partial charge in [0.15, 0.2) is 6.10 Å². The van der Waals surface area contributed by atoms with Crippen LogP contribution < -0.4 is 0 Å². The molecule has 2 unspecified atom stereocenters. The zero-order valence-electron chi connectivity index (χ0n) is 56.3. The van der Waals surface area contributed by atoms with Crippen LogP contribution >= 0.6 is 7.82 Å². The van der Waals surface area contributed by atoms with Crippen molar-refractivity contribution in [3.05, 3.63) is 122 Å². The lowest BCUT2D eigenvalue weighted by atomic mass is 10.0. The summed E-state index contributed by atoms with van der Waals surface area (Å²) in [5.41, 5.74) is 0. The molecule has 0 amide bonds. The van der Waals surface area contributed by atoms with E-state index < -0.39 is 26.5 Å². The average Bonchev–Trinajstić information content (AvgIpc) is 3.70. The third-order valence-electron chi connectivity index (χ3n) is 15.0. The van der Waals surface area contributed by atoms with Crippen LogP contribution in [0.3, 0.4) is 0 Å². The Morgan fingerprint density at radius 3 is 0.930 bits per heavy atom. The maximum absolute atomic E-state index is 12.9. The molecule has 0 aromatic rings. The number of quaternary nitrogens is 1. The first kappa shape index (κ1) is 82.4. The van der Waals surface area contributed by atoms with Crippen LogP contribution in [-0.4, -0.2) is 74.9 Å². The van der Waals surface area contributed by atoms with Crippen LogP contribution in [0.2, 0.25) is 0 Å². The quantitative estimate of drug-likeness (QED) is 0.0211. The predicted molar refractivity (Wildman–Crippen MR) is 371 cm³/mol. The van der Waals surface area contributed by atoms with Gasteiger partial charge in [-0.2, -0.15) is 0 Å². The Bertz CT molecular complexity index is 1870. The summed E-state index contributed by atoms with van der Waals surface area (Å²) in [4.78, 5) is 35.8. The molecule has 0 saturated heterocycles. The van der Waals surface area contributed by atoms with Gasteiger partial charge in [-0.25, -0.2) is 4.57 Å². The monoisotopic (exact) mass is 1220 g/mol. The lowest BCUT2D eigenvalue weighted by Crippen LogP contribution is -2.37. The van der Waals surface area contributed by atoms with Gasteiger partial charge in [-0.3, -0.25) is 18.6 Å². The van der Waals surface area contributed by atoms with E-state index in [1.54, 1.807) is 0 Å². The van der Waals surface area contributed by atoms with Crippen LogP contribution in [0.5, 0.6) is 0 Å². The molecule has 86 heavy (non-hydrogen) atoms. The van der Waals surface area contributed by atoms with E-state index in [0.29, 0.717) is 23.9 Å². The Kier molecular flexibility index (Phi) is 63.1. The molecule has 0 saturated carbocycles. The number of phosphoric acid groups is 1. The predicted octanol–water partition coefficient (Wildman–Crippen LogP) is 23.0. The molecular formula is C76H133NO8P+. The molecule has 0 fully saturated rings. The highest BCUT2D eigenvalue weighted by molar-refractivity contribution is 7.47. The molecule has 0 aliphatic rings. The van der Waals surface area contributed by atoms with Crippen LogP contribution in [0.25, 0.3) is 0 Å². The first-order valence-corrected chi connectivity index (χ1v) is 36.8. The van der Waals surface area contributed by atoms with Gasteiger partial charge in [-0.05, 0) is 103 Å². The average molecular weight is 1220 g/mol. The molecule has 0 rings (SSSR count). The van der Waals surface area contributed by atoms with Crippen LogP contribution in [0, 0.1) is 0 Å². The summed E-state index contributed by atoms with van der Waals surface area (Å²) in [7, 11) is 1.46. The number of rotatable bonds is 64. The van der Waals surface area contributed by atoms with Gasteiger partial charge in [0.1, 0.15) is 19.8 Å². The normalized spacial score (nSPS) is 13.9. The van der Waals surface area contributed by atoms with Crippen LogP contribution in [0.15, 0.2) is 122 Å². The number of nitrogens with zero attached hydrogens (tertiary/aromatic N) is 1. The van der Waals surface area contributed by atoms with Gasteiger partial charge in [0.25, 0.3) is 0 Å². The summed E-state index contributed by atoms with van der Waals surface area (Å²) >= 11 is 0. The standard InChI is InChI=1S/C76H132NO8P/c1-6-8-10-12-14-16-18-20-22-24-26-28-29-30-31-32-33-34-35-36-37-38-39-40-41-42-43-44-45-46-47-49-51-53-55-57-59-61-63-65-67-69-76(79)85-74(73-84-86(80,81)83-71-70-77(3,4)5)72-82-75(78)68-66-64-62-60-58-56-54-52-50-48-27-25-23-21-19-17-15-13-11-9-7-2/h8-11,14-17,20-23,26-28,30-31,48,52,54,74H,6-7,12-13,18-19,24-25,29,32-47,49-51,53,55-73H2,1-5H3/p+1/b10-8-,11-9-,16-14-,17-15-,22-20-,23-21-,28-26-,31-30-,48-27-,54-52-. The molecular weight excluding hydrogens is 1090 g/mol. The highest BCUT2D eigenvalue weighted by atomic mass is 31.2. The molecule has 0 radical (unpaired) electrons. The van der Waals surface area contributed by atoms with E-state index in [1.165, 1.54) is 148 Å². The van der Waals surface area contributed by atoms with E-state index in [0.717, 1.165) is 109 Å². The summed E-state index contributed by atoms with van der Waals surface area (Å²) in [5.74, 6) is -0.815. The Labute approximate surface area is 530 Å². The van der Waals surface area contributed by atoms with Crippen molar-refractivity contribution >= 4 is 19.8 Å². The van der Waals surface area contributed by atoms with Crippen molar-refractivity contribution in [2.24, 2.45) is 0 Å². The van der Waals surface area contributed by atoms with E-state index in [9.17, 15) is 19.0 Å². The molecule has 0 bridgehead atoms. The molecule has 9 nitrogen and oxygen atoms in total. The SMILES string of the molecule is CC/C=C\C/C=C\C/C=C\C/C=C\C/C=C\CCCCCCCCCCCCCCCCCCCCCCCCCCCC(=O)OC(COC(=O)CCCCCCC/C=C\C/C=C\C/C=C\C/C=C\C/C=C\CC)COP(=O)(O)OCC[N+](C)(C)C. The fraction of sp³-hybridized carbons (Fsp3) is 0.711. The van der Waals surface area contributed by atoms with Crippen molar-refractivity contribution in [2.45, 2.75) is 302 Å². The highest BCUT2D eigenvalue weighted by Crippen LogP contribution is 2.43. The Balaban J connectivity index is 3.96. The smallest absolute Gasteiger partial charge is 0.462 e. The number of esters is 2. The summed E-state index contributed by atoms with van der Waals surface area (Å²) in [6, 6.07) is 0. The lowest BCUT2D eigenvalue weighted by Gasteiger charge is -2.24. The third-order valence-corrected chi connectivity index (χ3v) is 16.0. The minimum Gasteiger partial charge on any atom is -0.462 e. The van der Waals surface area contributed by atoms with Crippen molar-refractivity contribution in [2.75, 3.05) is 47.5 Å². The van der Waals surface area contributed by atoms with Gasteiger partial charge in [0, 0.05) is 12.8 Å². The summed E-state index contributed by atoms with van der Waals surface area (Å²) < 4.78 is 34.7. The number of likely N-dealkylation sites (N-methyl/N-ethyl adjacent to an activating group) is 1. The Morgan fingerprint density at radius 1 is 0.360 bits per heavy atom. The van der Waals surface area contributed by atoms with E-state index in [1.807, 2.05) is 21.1 Å². The van der Waals surface area contributed by atoms with Gasteiger partial charge in [0.2, 0.25) is 0 Å². The zero-order chi connectivity index (χ0) is 62.6. The molecule has 2 atom stereocenters. The van der Waals surface area contributed by atoms with E-state index in [4.69, 9.17) is 18.5 Å². The Hall–Kier alpha value is -3.59. The van der Waals surface area contributed by atoms with E-state index in [-0.39, 0.29) is 32.0 Å². The largest absolute Gasteiger partial charge is 0.472 e. The minimum absolute atomic E-state index is 0.0248. The van der Waals surface area contributed by atoms with Gasteiger partial charge in [-0.1, -0.05) is 302 Å². The maximum Gasteiger partial charge on any atom is 0.472 e. The second-order valence-electron chi connectivity index (χ2n) is 24.5. The van der Waals surface area contributed by atoms with Gasteiger partial charge < -0.3 is 18.9 Å². The van der Waals surface area contributed by atoms with Gasteiger partial charge >= 0.3 is 19.8 Å². The topological polar surface area (TPSA) is 108 Å². The fourth-order valence-electron chi connectivity index (χ4n) is 9.66. The molecule has 0 heterocycles. The molecule has 0 aliphatic carbocycles. The molecule has 0 aromatic heterocycles. The number of allylic oxidation sites excluding steroid dienone is 20. The molecule has 0 aromatic carbocycles. The van der Waals surface area contributed by atoms with Gasteiger partial charge in [0.05, 0.1) is 27.7 Å². The number of carbonyl (C=O) groups excluding carboxylic acids is 2. The molecule has 0 aliphatic heterocycles. The van der Waals surface area contributed by atoms with Crippen LogP contribution in [-0.2, 0) is 32.7 Å². The molecule has 0 spiro atoms. The number of hydrogen-bond acceptors (Lipinski definition) is 7. The van der Waals surface area contributed by atoms with Crippen molar-refractivity contribution in [3.8, 4) is 0 Å². The molecule has 1 N–H and O–H groups in total. The zero-order valence-corrected chi connectivity index (χ0v) is 57.2. The van der Waals surface area contributed by atoms with Crippen molar-refractivity contribution in [3.63, 3.8) is 0 Å². The van der Waals surface area contributed by atoms with E-state index >= 15 is 0 Å². The third kappa shape index (κ3) is 69.5. The maximum atomic E-state index is 12.9. The van der Waals surface area contributed by atoms with Gasteiger partial charge in [-0.15, -0.1) is 0 Å². The second-order valence-corrected chi connectivity index (χ2v) is 26.0. The first-order valence-electron chi connectivity index (χ1n) is 35.3. The summed E-state index contributed by atoms with van der Waals surface area (Å²) in [5, 5.41) is 0. The number of unbranched alkanes of at least 4 members (excludes halogenated alkanes) is 30. The molecule has 494 valence electrons. The number of phosphoric ester groups is 1. The number of ether oxygens (including phenoxy) is 2.